The average Bonchev–Trinajstić information content (AvgIpc) is 2.88. The van der Waals surface area contributed by atoms with E-state index >= 15 is 0 Å². The first-order valence-electron chi connectivity index (χ1n) is 7.58. The van der Waals surface area contributed by atoms with Gasteiger partial charge in [-0.15, -0.1) is 6.42 Å². The van der Waals surface area contributed by atoms with E-state index in [1.54, 1.807) is 30.3 Å². The number of halogens is 3. The number of carbonyl (C=O) groups is 2. The summed E-state index contributed by atoms with van der Waals surface area (Å²) in [5.41, 5.74) is 0.946. The van der Waals surface area contributed by atoms with Crippen molar-refractivity contribution in [2.75, 3.05) is 11.5 Å². The summed E-state index contributed by atoms with van der Waals surface area (Å²) >= 11 is 18.2. The van der Waals surface area contributed by atoms with Crippen LogP contribution in [-0.4, -0.2) is 18.5 Å². The maximum Gasteiger partial charge on any atom is 0.333 e. The van der Waals surface area contributed by atoms with Crippen LogP contribution >= 0.6 is 34.8 Å². The number of ether oxygens (including phenoxy) is 1. The third-order valence-corrected chi connectivity index (χ3v) is 4.37. The highest BCUT2D eigenvalue weighted by Gasteiger charge is 2.35. The molecule has 136 valence electrons. The van der Waals surface area contributed by atoms with Gasteiger partial charge in [-0.3, -0.25) is 4.79 Å². The van der Waals surface area contributed by atoms with Crippen molar-refractivity contribution in [2.45, 2.75) is 0 Å². The highest BCUT2D eigenvalue weighted by atomic mass is 35.5. The van der Waals surface area contributed by atoms with Crippen LogP contribution in [0.2, 0.25) is 15.1 Å². The molecule has 1 saturated heterocycles. The molecule has 8 heteroatoms. The number of nitrogens with zero attached hydrogens (tertiary/aromatic N) is 1. The molecule has 1 fully saturated rings. The number of rotatable bonds is 4. The molecule has 0 unspecified atom stereocenters. The van der Waals surface area contributed by atoms with Gasteiger partial charge < -0.3 is 10.1 Å². The quantitative estimate of drug-likeness (QED) is 0.440. The largest absolute Gasteiger partial charge is 0.478 e. The highest BCUT2D eigenvalue weighted by molar-refractivity contribution is 6.37. The van der Waals surface area contributed by atoms with Gasteiger partial charge in [0.1, 0.15) is 12.3 Å². The number of terminal acetylenes is 1. The van der Waals surface area contributed by atoms with Crippen LogP contribution < -0.4 is 15.0 Å². The van der Waals surface area contributed by atoms with E-state index < -0.39 is 11.9 Å². The van der Waals surface area contributed by atoms with E-state index in [1.165, 1.54) is 12.1 Å². The normalized spacial score (nSPS) is 15.0. The van der Waals surface area contributed by atoms with E-state index in [1.807, 2.05) is 0 Å². The Kier molecular flexibility index (Phi) is 5.62. The summed E-state index contributed by atoms with van der Waals surface area (Å²) in [6, 6.07) is 8.94. The Bertz CT molecular complexity index is 988. The number of benzene rings is 2. The maximum absolute atomic E-state index is 12.6. The number of hydrogen-bond acceptors (Lipinski definition) is 3. The molecule has 27 heavy (non-hydrogen) atoms. The van der Waals surface area contributed by atoms with Gasteiger partial charge in [-0.05, 0) is 42.0 Å². The Hall–Kier alpha value is -2.65. The Morgan fingerprint density at radius 1 is 1.15 bits per heavy atom. The van der Waals surface area contributed by atoms with Crippen molar-refractivity contribution in [3.05, 3.63) is 62.7 Å². The Morgan fingerprint density at radius 3 is 2.48 bits per heavy atom. The van der Waals surface area contributed by atoms with Gasteiger partial charge >= 0.3 is 6.03 Å². The number of carbonyl (C=O) groups excluding carboxylic acids is 2. The van der Waals surface area contributed by atoms with Gasteiger partial charge in [0.2, 0.25) is 0 Å². The van der Waals surface area contributed by atoms with Crippen LogP contribution in [0.4, 0.5) is 10.5 Å². The molecular weight excluding hydrogens is 411 g/mol. The zero-order chi connectivity index (χ0) is 19.6. The molecule has 0 aromatic heterocycles. The second kappa shape index (κ2) is 7.93. The van der Waals surface area contributed by atoms with Gasteiger partial charge in [0.05, 0.1) is 15.7 Å². The second-order valence-electron chi connectivity index (χ2n) is 5.42. The van der Waals surface area contributed by atoms with E-state index in [4.69, 9.17) is 46.0 Å². The Labute approximate surface area is 170 Å². The molecule has 0 saturated carbocycles. The van der Waals surface area contributed by atoms with Crippen molar-refractivity contribution >= 4 is 58.5 Å². The van der Waals surface area contributed by atoms with Crippen molar-refractivity contribution in [1.29, 1.82) is 0 Å². The number of imide groups is 1. The molecule has 0 aliphatic carbocycles. The van der Waals surface area contributed by atoms with E-state index in [0.717, 1.165) is 4.90 Å². The summed E-state index contributed by atoms with van der Waals surface area (Å²) in [6.45, 7) is 0.0169. The molecule has 0 bridgehead atoms. The Balaban J connectivity index is 1.91. The molecule has 1 aliphatic rings. The maximum atomic E-state index is 12.6. The number of hydrogen-bond donors (Lipinski definition) is 1. The van der Waals surface area contributed by atoms with Crippen LogP contribution in [0, 0.1) is 12.3 Å². The van der Waals surface area contributed by atoms with Gasteiger partial charge in [0, 0.05) is 5.02 Å². The Morgan fingerprint density at radius 2 is 1.85 bits per heavy atom. The number of amides is 3. The zero-order valence-electron chi connectivity index (χ0n) is 13.6. The summed E-state index contributed by atoms with van der Waals surface area (Å²) in [4.78, 5) is 25.8. The standard InChI is InChI=1S/C19H11Cl3N2O3/c1-2-6-27-17-14(21)7-11(8-15(17)22)9-16-18(25)24(19(26)23-16)13-5-3-4-12(20)10-13/h1,3-5,7-10H,6H2,(H,23,26)/b16-9+. The predicted molar refractivity (Wildman–Crippen MR) is 106 cm³/mol. The van der Waals surface area contributed by atoms with Gasteiger partial charge in [-0.1, -0.05) is 46.8 Å². The van der Waals surface area contributed by atoms with Crippen LogP contribution in [0.25, 0.3) is 6.08 Å². The predicted octanol–water partition coefficient (Wildman–Crippen LogP) is 4.76. The first-order chi connectivity index (χ1) is 12.9. The summed E-state index contributed by atoms with van der Waals surface area (Å²) < 4.78 is 5.29. The molecule has 0 spiro atoms. The van der Waals surface area contributed by atoms with Crippen LogP contribution in [-0.2, 0) is 4.79 Å². The smallest absolute Gasteiger partial charge is 0.333 e. The molecular formula is C19H11Cl3N2O3. The lowest BCUT2D eigenvalue weighted by atomic mass is 10.1. The zero-order valence-corrected chi connectivity index (χ0v) is 15.9. The topological polar surface area (TPSA) is 58.6 Å². The van der Waals surface area contributed by atoms with Crippen LogP contribution in [0.5, 0.6) is 5.75 Å². The molecule has 3 rings (SSSR count). The monoisotopic (exact) mass is 420 g/mol. The van der Waals surface area contributed by atoms with Gasteiger partial charge in [-0.25, -0.2) is 9.69 Å². The van der Waals surface area contributed by atoms with Crippen LogP contribution in [0.1, 0.15) is 5.56 Å². The van der Waals surface area contributed by atoms with Crippen molar-refractivity contribution < 1.29 is 14.3 Å². The fourth-order valence-electron chi connectivity index (χ4n) is 2.47. The third-order valence-electron chi connectivity index (χ3n) is 3.58. The van der Waals surface area contributed by atoms with Gasteiger partial charge in [-0.2, -0.15) is 0 Å². The number of nitrogens with one attached hydrogen (secondary N) is 1. The van der Waals surface area contributed by atoms with Gasteiger partial charge in [0.15, 0.2) is 5.75 Å². The van der Waals surface area contributed by atoms with E-state index in [2.05, 4.69) is 11.2 Å². The van der Waals surface area contributed by atoms with E-state index in [9.17, 15) is 9.59 Å². The lowest BCUT2D eigenvalue weighted by molar-refractivity contribution is -0.113. The first-order valence-corrected chi connectivity index (χ1v) is 8.72. The SMILES string of the molecule is C#CCOc1c(Cl)cc(/C=C2/NC(=O)N(c3cccc(Cl)c3)C2=O)cc1Cl. The molecule has 1 heterocycles. The minimum Gasteiger partial charge on any atom is -0.478 e. The molecule has 3 amide bonds. The van der Waals surface area contributed by atoms with Gasteiger partial charge in [0.25, 0.3) is 5.91 Å². The minimum atomic E-state index is -0.584. The molecule has 1 aliphatic heterocycles. The van der Waals surface area contributed by atoms with Crippen LogP contribution in [0.15, 0.2) is 42.1 Å². The number of urea groups is 1. The summed E-state index contributed by atoms with van der Waals surface area (Å²) in [7, 11) is 0. The molecule has 0 radical (unpaired) electrons. The molecule has 0 atom stereocenters. The summed E-state index contributed by atoms with van der Waals surface area (Å²) in [5.74, 6) is 2.05. The fourth-order valence-corrected chi connectivity index (χ4v) is 3.26. The first kappa shape index (κ1) is 19.1. The van der Waals surface area contributed by atoms with E-state index in [0.29, 0.717) is 16.3 Å². The summed E-state index contributed by atoms with van der Waals surface area (Å²) in [5, 5.41) is 3.39. The van der Waals surface area contributed by atoms with E-state index in [-0.39, 0.29) is 28.1 Å². The van der Waals surface area contributed by atoms with Crippen LogP contribution in [0.3, 0.4) is 0 Å². The van der Waals surface area contributed by atoms with Crippen molar-refractivity contribution in [3.63, 3.8) is 0 Å². The lowest BCUT2D eigenvalue weighted by Gasteiger charge is -2.11. The lowest BCUT2D eigenvalue weighted by Crippen LogP contribution is -2.30. The average molecular weight is 422 g/mol. The van der Waals surface area contributed by atoms with Crippen molar-refractivity contribution in [3.8, 4) is 18.1 Å². The second-order valence-corrected chi connectivity index (χ2v) is 6.67. The molecule has 5 nitrogen and oxygen atoms in total. The summed E-state index contributed by atoms with van der Waals surface area (Å²) in [6.07, 6.45) is 6.62. The van der Waals surface area contributed by atoms with Crippen molar-refractivity contribution in [1.82, 2.24) is 5.32 Å². The highest BCUT2D eigenvalue weighted by Crippen LogP contribution is 2.35. The number of anilines is 1. The molecule has 2 aromatic carbocycles. The minimum absolute atomic E-state index is 0.0169. The van der Waals surface area contributed by atoms with Crippen molar-refractivity contribution in [2.24, 2.45) is 0 Å². The molecule has 2 aromatic rings. The fraction of sp³-hybridized carbons (Fsp3) is 0.0526. The third kappa shape index (κ3) is 4.04. The molecule has 1 N–H and O–H groups in total.